The Morgan fingerprint density at radius 1 is 1.03 bits per heavy atom. The van der Waals surface area contributed by atoms with Gasteiger partial charge in [-0.3, -0.25) is 4.79 Å². The molecule has 7 heteroatoms. The number of anilines is 1. The summed E-state index contributed by atoms with van der Waals surface area (Å²) in [5.41, 5.74) is 3.54. The lowest BCUT2D eigenvalue weighted by Gasteiger charge is -2.27. The van der Waals surface area contributed by atoms with Gasteiger partial charge < -0.3 is 19.9 Å². The first kappa shape index (κ1) is 21.2. The molecule has 1 aromatic heterocycles. The Kier molecular flexibility index (Phi) is 6.39. The molecule has 164 valence electrons. The van der Waals surface area contributed by atoms with Crippen molar-refractivity contribution in [2.24, 2.45) is 0 Å². The van der Waals surface area contributed by atoms with Crippen molar-refractivity contribution in [2.75, 3.05) is 31.5 Å². The fourth-order valence-corrected chi connectivity index (χ4v) is 4.16. The number of carbonyl (C=O) groups is 2. The first-order chi connectivity index (χ1) is 15.0. The number of nitrogens with zero attached hydrogens (tertiary/aromatic N) is 3. The first-order valence-corrected chi connectivity index (χ1v) is 11.1. The predicted molar refractivity (Wildman–Crippen MR) is 120 cm³/mol. The molecule has 2 aliphatic rings. The van der Waals surface area contributed by atoms with E-state index in [4.69, 9.17) is 4.74 Å². The molecule has 2 saturated heterocycles. The van der Waals surface area contributed by atoms with Gasteiger partial charge in [-0.1, -0.05) is 12.1 Å². The fourth-order valence-electron chi connectivity index (χ4n) is 4.16. The number of carbonyl (C=O) groups excluding carboxylic acids is 2. The van der Waals surface area contributed by atoms with Crippen LogP contribution in [0.5, 0.6) is 5.88 Å². The lowest BCUT2D eigenvalue weighted by atomic mass is 10.1. The van der Waals surface area contributed by atoms with E-state index in [-0.39, 0.29) is 18.0 Å². The highest BCUT2D eigenvalue weighted by Gasteiger charge is 2.30. The van der Waals surface area contributed by atoms with Gasteiger partial charge in [-0.2, -0.15) is 0 Å². The van der Waals surface area contributed by atoms with E-state index in [1.807, 2.05) is 36.9 Å². The van der Waals surface area contributed by atoms with Crippen molar-refractivity contribution in [2.45, 2.75) is 45.6 Å². The maximum atomic E-state index is 13.0. The second kappa shape index (κ2) is 9.37. The van der Waals surface area contributed by atoms with Crippen LogP contribution >= 0.6 is 0 Å². The highest BCUT2D eigenvalue weighted by molar-refractivity contribution is 5.96. The third kappa shape index (κ3) is 4.81. The zero-order valence-corrected chi connectivity index (χ0v) is 18.3. The maximum absolute atomic E-state index is 13.0. The average molecular weight is 423 g/mol. The number of aryl methyl sites for hydroxylation is 1. The quantitative estimate of drug-likeness (QED) is 0.808. The number of likely N-dealkylation sites (tertiary alicyclic amines) is 2. The van der Waals surface area contributed by atoms with E-state index in [2.05, 4.69) is 10.3 Å². The summed E-state index contributed by atoms with van der Waals surface area (Å²) in [4.78, 5) is 33.7. The van der Waals surface area contributed by atoms with Crippen molar-refractivity contribution in [3.63, 3.8) is 0 Å². The van der Waals surface area contributed by atoms with Crippen LogP contribution in [0.2, 0.25) is 0 Å². The monoisotopic (exact) mass is 422 g/mol. The van der Waals surface area contributed by atoms with E-state index in [9.17, 15) is 9.59 Å². The standard InChI is InChI=1S/C24H30N4O3/c1-17-8-6-10-21(18(17)2)26-24(30)28-15-11-19(16-28)31-22-20(9-7-12-25-22)23(29)27-13-4-3-5-14-27/h6-10,12,19H,3-5,11,13-16H2,1-2H3,(H,26,30). The molecule has 3 amide bonds. The Labute approximate surface area is 183 Å². The van der Waals surface area contributed by atoms with Crippen LogP contribution in [0.1, 0.15) is 47.2 Å². The summed E-state index contributed by atoms with van der Waals surface area (Å²) in [6.45, 7) is 6.66. The average Bonchev–Trinajstić information content (AvgIpc) is 3.26. The minimum Gasteiger partial charge on any atom is -0.472 e. The summed E-state index contributed by atoms with van der Waals surface area (Å²) in [5.74, 6) is 0.338. The zero-order chi connectivity index (χ0) is 21.8. The second-order valence-corrected chi connectivity index (χ2v) is 8.36. The van der Waals surface area contributed by atoms with E-state index >= 15 is 0 Å². The van der Waals surface area contributed by atoms with E-state index in [0.29, 0.717) is 31.0 Å². The SMILES string of the molecule is Cc1cccc(NC(=O)N2CCC(Oc3ncccc3C(=O)N3CCCCC3)C2)c1C. The number of hydrogen-bond acceptors (Lipinski definition) is 4. The highest BCUT2D eigenvalue weighted by Crippen LogP contribution is 2.24. The van der Waals surface area contributed by atoms with Gasteiger partial charge in [0.2, 0.25) is 5.88 Å². The first-order valence-electron chi connectivity index (χ1n) is 11.1. The van der Waals surface area contributed by atoms with Gasteiger partial charge in [0.25, 0.3) is 5.91 Å². The number of pyridine rings is 1. The Hall–Kier alpha value is -3.09. The minimum absolute atomic E-state index is 0.0229. The second-order valence-electron chi connectivity index (χ2n) is 8.36. The number of benzene rings is 1. The molecule has 1 atom stereocenters. The molecule has 31 heavy (non-hydrogen) atoms. The van der Waals surface area contributed by atoms with Crippen molar-refractivity contribution in [3.05, 3.63) is 53.2 Å². The number of urea groups is 1. The number of aromatic nitrogens is 1. The number of amides is 3. The summed E-state index contributed by atoms with van der Waals surface area (Å²) >= 11 is 0. The molecule has 0 bridgehead atoms. The molecule has 0 radical (unpaired) electrons. The zero-order valence-electron chi connectivity index (χ0n) is 18.3. The van der Waals surface area contributed by atoms with Gasteiger partial charge in [-0.25, -0.2) is 9.78 Å². The number of piperidine rings is 1. The minimum atomic E-state index is -0.188. The molecule has 2 aromatic rings. The molecule has 1 unspecified atom stereocenters. The number of ether oxygens (including phenoxy) is 1. The summed E-state index contributed by atoms with van der Waals surface area (Å²) in [6, 6.07) is 9.29. The molecule has 0 spiro atoms. The van der Waals surface area contributed by atoms with Crippen molar-refractivity contribution < 1.29 is 14.3 Å². The summed E-state index contributed by atoms with van der Waals surface area (Å²) < 4.78 is 6.11. The molecule has 0 aliphatic carbocycles. The van der Waals surface area contributed by atoms with E-state index in [1.165, 1.54) is 6.42 Å². The molecule has 1 N–H and O–H groups in total. The van der Waals surface area contributed by atoms with Crippen LogP contribution < -0.4 is 10.1 Å². The Bertz CT molecular complexity index is 956. The molecular formula is C24H30N4O3. The van der Waals surface area contributed by atoms with E-state index in [1.54, 1.807) is 23.2 Å². The molecule has 2 aliphatic heterocycles. The van der Waals surface area contributed by atoms with E-state index < -0.39 is 0 Å². The lowest BCUT2D eigenvalue weighted by Crippen LogP contribution is -2.36. The van der Waals surface area contributed by atoms with Crippen molar-refractivity contribution >= 4 is 17.6 Å². The van der Waals surface area contributed by atoms with Gasteiger partial charge >= 0.3 is 6.03 Å². The Morgan fingerprint density at radius 3 is 2.65 bits per heavy atom. The van der Waals surface area contributed by atoms with Crippen LogP contribution in [0.3, 0.4) is 0 Å². The van der Waals surface area contributed by atoms with Gasteiger partial charge in [0.15, 0.2) is 0 Å². The fraction of sp³-hybridized carbons (Fsp3) is 0.458. The van der Waals surface area contributed by atoms with Crippen LogP contribution in [0.15, 0.2) is 36.5 Å². The van der Waals surface area contributed by atoms with Crippen LogP contribution in [-0.4, -0.2) is 59.0 Å². The molecule has 3 heterocycles. The smallest absolute Gasteiger partial charge is 0.321 e. The number of rotatable bonds is 4. The van der Waals surface area contributed by atoms with Crippen LogP contribution in [-0.2, 0) is 0 Å². The lowest BCUT2D eigenvalue weighted by molar-refractivity contribution is 0.0715. The summed E-state index contributed by atoms with van der Waals surface area (Å²) in [7, 11) is 0. The third-order valence-corrected chi connectivity index (χ3v) is 6.20. The molecule has 0 saturated carbocycles. The maximum Gasteiger partial charge on any atom is 0.321 e. The van der Waals surface area contributed by atoms with Crippen LogP contribution in [0.25, 0.3) is 0 Å². The normalized spacial score (nSPS) is 18.7. The molecule has 4 rings (SSSR count). The predicted octanol–water partition coefficient (Wildman–Crippen LogP) is 4.01. The van der Waals surface area contributed by atoms with Gasteiger partial charge in [0, 0.05) is 37.9 Å². The van der Waals surface area contributed by atoms with Crippen molar-refractivity contribution in [1.82, 2.24) is 14.8 Å². The number of hydrogen-bond donors (Lipinski definition) is 1. The third-order valence-electron chi connectivity index (χ3n) is 6.20. The van der Waals surface area contributed by atoms with Crippen LogP contribution in [0.4, 0.5) is 10.5 Å². The highest BCUT2D eigenvalue weighted by atomic mass is 16.5. The van der Waals surface area contributed by atoms with Gasteiger partial charge in [0.1, 0.15) is 11.7 Å². The van der Waals surface area contributed by atoms with Gasteiger partial charge in [-0.15, -0.1) is 0 Å². The topological polar surface area (TPSA) is 74.8 Å². The Balaban J connectivity index is 1.39. The van der Waals surface area contributed by atoms with Crippen LogP contribution in [0, 0.1) is 13.8 Å². The van der Waals surface area contributed by atoms with Gasteiger partial charge in [0.05, 0.1) is 6.54 Å². The number of nitrogens with one attached hydrogen (secondary N) is 1. The summed E-state index contributed by atoms with van der Waals surface area (Å²) in [5, 5.41) is 3.01. The molecular weight excluding hydrogens is 392 g/mol. The molecule has 1 aromatic carbocycles. The van der Waals surface area contributed by atoms with Crippen molar-refractivity contribution in [1.29, 1.82) is 0 Å². The molecule has 2 fully saturated rings. The van der Waals surface area contributed by atoms with E-state index in [0.717, 1.165) is 42.7 Å². The molecule has 7 nitrogen and oxygen atoms in total. The summed E-state index contributed by atoms with van der Waals surface area (Å²) in [6.07, 6.45) is 5.40. The van der Waals surface area contributed by atoms with Gasteiger partial charge in [-0.05, 0) is 62.4 Å². The van der Waals surface area contributed by atoms with Crippen molar-refractivity contribution in [3.8, 4) is 5.88 Å². The largest absolute Gasteiger partial charge is 0.472 e. The Morgan fingerprint density at radius 2 is 1.84 bits per heavy atom.